The van der Waals surface area contributed by atoms with E-state index in [1.54, 1.807) is 33.8 Å². The maximum absolute atomic E-state index is 13.5. The lowest BCUT2D eigenvalue weighted by Crippen LogP contribution is -2.73. The fourth-order valence-electron chi connectivity index (χ4n) is 17.9. The molecular formula is C65H100O27. The maximum Gasteiger partial charge on any atom is 0.335 e. The Hall–Kier alpha value is -3.66. The van der Waals surface area contributed by atoms with Gasteiger partial charge in [0.25, 0.3) is 0 Å². The number of carbonyl (C=O) groups excluding carboxylic acids is 3. The van der Waals surface area contributed by atoms with Crippen LogP contribution < -0.4 is 0 Å². The van der Waals surface area contributed by atoms with Crippen LogP contribution in [-0.2, 0) is 71.3 Å². The summed E-state index contributed by atoms with van der Waals surface area (Å²) in [5.41, 5.74) is -3.55. The molecule has 0 bridgehead atoms. The second-order valence-electron chi connectivity index (χ2n) is 29.4. The number of fused-ring (bicyclic) bond motifs is 7. The topological polar surface area (TPSA) is 413 Å². The van der Waals surface area contributed by atoms with Gasteiger partial charge in [-0.1, -0.05) is 72.3 Å². The molecule has 30 atom stereocenters. The molecule has 12 N–H and O–H groups in total. The van der Waals surface area contributed by atoms with Gasteiger partial charge in [0, 0.05) is 18.1 Å². The van der Waals surface area contributed by atoms with E-state index in [0.717, 1.165) is 5.57 Å². The minimum Gasteiger partial charge on any atom is -0.479 e. The maximum atomic E-state index is 13.5. The van der Waals surface area contributed by atoms with Crippen molar-refractivity contribution in [2.45, 2.75) is 276 Å². The average molecular weight is 1310 g/mol. The van der Waals surface area contributed by atoms with Crippen LogP contribution in [0.5, 0.6) is 0 Å². The van der Waals surface area contributed by atoms with Crippen molar-refractivity contribution in [2.75, 3.05) is 19.8 Å². The van der Waals surface area contributed by atoms with Crippen molar-refractivity contribution in [1.29, 1.82) is 0 Å². The fraction of sp³-hybridized carbons (Fsp3) is 0.846. The Labute approximate surface area is 535 Å². The van der Waals surface area contributed by atoms with Crippen LogP contribution >= 0.6 is 0 Å². The summed E-state index contributed by atoms with van der Waals surface area (Å²) >= 11 is 0. The van der Waals surface area contributed by atoms with E-state index in [1.807, 2.05) is 27.7 Å². The van der Waals surface area contributed by atoms with Crippen LogP contribution in [0.25, 0.3) is 0 Å². The van der Waals surface area contributed by atoms with E-state index in [0.29, 0.717) is 32.1 Å². The van der Waals surface area contributed by atoms with Gasteiger partial charge < -0.3 is 113 Å². The normalized spacial score (nSPS) is 48.5. The molecule has 4 saturated heterocycles. The first-order valence-corrected chi connectivity index (χ1v) is 32.3. The summed E-state index contributed by atoms with van der Waals surface area (Å²) < 4.78 is 67.7. The number of carboxylic acids is 1. The molecular weight excluding hydrogens is 1210 g/mol. The van der Waals surface area contributed by atoms with Gasteiger partial charge in [-0.25, -0.2) is 14.4 Å². The summed E-state index contributed by atoms with van der Waals surface area (Å²) in [6.07, 6.45) is -29.3. The predicted molar refractivity (Wildman–Crippen MR) is 316 cm³/mol. The number of allylic oxidation sites excluding steroid dienone is 4. The number of hydrogen-bond acceptors (Lipinski definition) is 26. The lowest BCUT2D eigenvalue weighted by atomic mass is 9.33. The molecule has 5 aliphatic carbocycles. The van der Waals surface area contributed by atoms with Crippen molar-refractivity contribution in [2.24, 2.45) is 50.2 Å². The molecule has 0 spiro atoms. The van der Waals surface area contributed by atoms with Crippen LogP contribution in [0, 0.1) is 50.2 Å². The lowest BCUT2D eigenvalue weighted by molar-refractivity contribution is -0.392. The van der Waals surface area contributed by atoms with Gasteiger partial charge in [-0.15, -0.1) is 0 Å². The van der Waals surface area contributed by atoms with E-state index >= 15 is 0 Å². The van der Waals surface area contributed by atoms with Gasteiger partial charge >= 0.3 is 23.9 Å². The molecule has 4 saturated carbocycles. The summed E-state index contributed by atoms with van der Waals surface area (Å²) in [4.78, 5) is 53.0. The Morgan fingerprint density at radius 3 is 1.83 bits per heavy atom. The minimum atomic E-state index is -2.13. The third kappa shape index (κ3) is 12.3. The molecule has 92 heavy (non-hydrogen) atoms. The van der Waals surface area contributed by atoms with Crippen LogP contribution in [0.4, 0.5) is 0 Å². The van der Waals surface area contributed by atoms with Gasteiger partial charge in [0.1, 0.15) is 79.4 Å². The molecule has 8 fully saturated rings. The zero-order valence-corrected chi connectivity index (χ0v) is 54.8. The van der Waals surface area contributed by atoms with Crippen LogP contribution in [0.1, 0.15) is 135 Å². The number of esters is 3. The number of aliphatic hydroxyl groups is 11. The van der Waals surface area contributed by atoms with Gasteiger partial charge in [0.05, 0.1) is 43.5 Å². The van der Waals surface area contributed by atoms with Crippen LogP contribution in [-0.4, -0.2) is 246 Å². The third-order valence-corrected chi connectivity index (χ3v) is 23.6. The number of carbonyl (C=O) groups is 4. The molecule has 4 heterocycles. The van der Waals surface area contributed by atoms with E-state index < -0.39 is 223 Å². The SMILES string of the molecule is C/C=C(/C)C(=O)O[C@@H]1[C@@H](OC(=O)/C(C)=C\C)[C@@H](O)[C@H](O[C@H]2[C@H](OC(C)=O)[C@]3(CO)[C@H](O)C[C@]4(C)C(=CC[C@@H]5[C@@]6(C)CC[C@H](O[C@@H]7O[C@H](C(=O)O)[C@@H](O)[C@H](O[C@@H]8OC[C@@H](O)[C@H](O)[C@H]8O)[C@H]7O[C@@H]7O[C@H](CO)[C@H](O)[C@H](O)[C@H]7O)C(C)(C)[C@@H]6CC[C@]54C)[C@@H]3CC2(C)C)O[C@H]1C. The Kier molecular flexibility index (Phi) is 21.3. The van der Waals surface area contributed by atoms with Crippen molar-refractivity contribution < 1.29 is 133 Å². The Balaban J connectivity index is 1.01. The second kappa shape index (κ2) is 27.0. The Morgan fingerprint density at radius 2 is 1.23 bits per heavy atom. The molecule has 9 rings (SSSR count). The summed E-state index contributed by atoms with van der Waals surface area (Å²) in [6.45, 7) is 21.7. The number of carboxylic acid groups (broad SMARTS) is 1. The first-order chi connectivity index (χ1) is 42.9. The highest BCUT2D eigenvalue weighted by Crippen LogP contribution is 2.76. The van der Waals surface area contributed by atoms with Crippen molar-refractivity contribution >= 4 is 23.9 Å². The van der Waals surface area contributed by atoms with Crippen LogP contribution in [0.3, 0.4) is 0 Å². The third-order valence-electron chi connectivity index (χ3n) is 23.6. The molecule has 0 aromatic carbocycles. The molecule has 0 aromatic heterocycles. The highest BCUT2D eigenvalue weighted by Gasteiger charge is 2.74. The van der Waals surface area contributed by atoms with Crippen molar-refractivity contribution in [3.05, 3.63) is 34.9 Å². The van der Waals surface area contributed by atoms with Gasteiger partial charge in [0.15, 0.2) is 43.5 Å². The molecule has 27 nitrogen and oxygen atoms in total. The van der Waals surface area contributed by atoms with E-state index in [2.05, 4.69) is 26.8 Å². The quantitative estimate of drug-likeness (QED) is 0.0333. The monoisotopic (exact) mass is 1310 g/mol. The standard InChI is InChI=1S/C65H100O27/c1-14-27(3)54(80)87-46-29(5)83-58(45(77)48(46)88-55(81)28(4)15-2)92-51-52(84-30(6)68)65(26-67)32(22-60(51,7)8)31-16-17-36-62(11)20-19-38(61(9,10)35(62)18-21-63(36,12)64(31,13)23-37(65)70)86-59-50(91-57-43(75)41(73)40(72)34(24-66)85-57)47(44(76)49(90-59)53(78)79)89-56-42(74)39(71)33(69)25-82-56/h14-16,29,32-52,56-59,66-67,69-77H,17-26H2,1-13H3,(H,78,79)/b27-14-,28-15-/t29-,32-,33+,34+,35-,36+,37+,38-,39-,40-,41-,42+,43+,44-,45+,46-,47-,48-,49-,50+,51-,52-,56-,57-,58-,59+,62-,63+,64+,65-/m0/s1. The number of ether oxygens (including phenoxy) is 11. The minimum absolute atomic E-state index is 0.0441. The second-order valence-corrected chi connectivity index (χ2v) is 29.4. The molecule has 27 heteroatoms. The highest BCUT2D eigenvalue weighted by molar-refractivity contribution is 5.88. The van der Waals surface area contributed by atoms with Gasteiger partial charge in [0.2, 0.25) is 0 Å². The molecule has 0 amide bonds. The van der Waals surface area contributed by atoms with Gasteiger partial charge in [-0.2, -0.15) is 0 Å². The Morgan fingerprint density at radius 1 is 0.620 bits per heavy atom. The van der Waals surface area contributed by atoms with E-state index in [4.69, 9.17) is 52.1 Å². The number of aliphatic hydroxyl groups excluding tert-OH is 11. The summed E-state index contributed by atoms with van der Waals surface area (Å²) in [7, 11) is 0. The van der Waals surface area contributed by atoms with E-state index in [1.165, 1.54) is 19.9 Å². The summed E-state index contributed by atoms with van der Waals surface area (Å²) in [5.74, 6) is -4.65. The van der Waals surface area contributed by atoms with Gasteiger partial charge in [-0.3, -0.25) is 4.79 Å². The van der Waals surface area contributed by atoms with Crippen LogP contribution in [0.2, 0.25) is 0 Å². The number of aliphatic carboxylic acids is 1. The molecule has 0 radical (unpaired) electrons. The summed E-state index contributed by atoms with van der Waals surface area (Å²) in [6, 6.07) is 0. The lowest BCUT2D eigenvalue weighted by Gasteiger charge is -2.72. The highest BCUT2D eigenvalue weighted by atomic mass is 16.8. The Bertz CT molecular complexity index is 2790. The molecule has 0 aromatic rings. The molecule has 4 aliphatic heterocycles. The molecule has 9 aliphatic rings. The molecule has 0 unspecified atom stereocenters. The van der Waals surface area contributed by atoms with Crippen LogP contribution in [0.15, 0.2) is 34.9 Å². The first-order valence-electron chi connectivity index (χ1n) is 32.3. The zero-order chi connectivity index (χ0) is 68.0. The first kappa shape index (κ1) is 72.6. The number of hydrogen-bond donors (Lipinski definition) is 12. The predicted octanol–water partition coefficient (Wildman–Crippen LogP) is 0.715. The van der Waals surface area contributed by atoms with Crippen molar-refractivity contribution in [1.82, 2.24) is 0 Å². The fourth-order valence-corrected chi connectivity index (χ4v) is 17.9. The zero-order valence-electron chi connectivity index (χ0n) is 54.8. The van der Waals surface area contributed by atoms with Gasteiger partial charge in [-0.05, 0) is 124 Å². The average Bonchev–Trinajstić information content (AvgIpc) is 0.671. The molecule has 522 valence electrons. The van der Waals surface area contributed by atoms with E-state index in [9.17, 15) is 80.5 Å². The van der Waals surface area contributed by atoms with Crippen molar-refractivity contribution in [3.63, 3.8) is 0 Å². The van der Waals surface area contributed by atoms with E-state index in [-0.39, 0.29) is 35.8 Å². The smallest absolute Gasteiger partial charge is 0.335 e. The number of rotatable bonds is 16. The summed E-state index contributed by atoms with van der Waals surface area (Å²) in [5, 5.41) is 134. The largest absolute Gasteiger partial charge is 0.479 e. The van der Waals surface area contributed by atoms with Crippen molar-refractivity contribution in [3.8, 4) is 0 Å².